The first kappa shape index (κ1) is 12.4. The van der Waals surface area contributed by atoms with Crippen molar-refractivity contribution in [3.8, 4) is 0 Å². The normalized spacial score (nSPS) is 24.1. The van der Waals surface area contributed by atoms with E-state index in [9.17, 15) is 19.7 Å². The minimum atomic E-state index is -1.61. The summed E-state index contributed by atoms with van der Waals surface area (Å²) in [4.78, 5) is 32.5. The molecule has 0 heterocycles. The molecule has 0 amide bonds. The van der Waals surface area contributed by atoms with E-state index < -0.39 is 16.3 Å². The molecule has 6 nitrogen and oxygen atoms in total. The van der Waals surface area contributed by atoms with Crippen LogP contribution in [0.15, 0.2) is 22.8 Å². The Hall–Kier alpha value is -1.63. The predicted octanol–water partition coefficient (Wildman–Crippen LogP) is 0.723. The zero-order valence-corrected chi connectivity index (χ0v) is 9.27. The van der Waals surface area contributed by atoms with Gasteiger partial charge in [0.25, 0.3) is 5.70 Å². The number of ether oxygens (including phenoxy) is 1. The second kappa shape index (κ2) is 4.48. The van der Waals surface area contributed by atoms with Gasteiger partial charge in [-0.05, 0) is 6.08 Å². The number of esters is 1. The van der Waals surface area contributed by atoms with Crippen LogP contribution in [0.25, 0.3) is 0 Å². The SMILES string of the molecule is COC(=O)C1(C=O)C=CC(S)=C([N+](=O)[O-])C1. The molecule has 1 aliphatic carbocycles. The number of rotatable bonds is 3. The number of methoxy groups -OCH3 is 1. The summed E-state index contributed by atoms with van der Waals surface area (Å²) in [5.41, 5.74) is -1.88. The van der Waals surface area contributed by atoms with Crippen LogP contribution in [0.3, 0.4) is 0 Å². The van der Waals surface area contributed by atoms with E-state index >= 15 is 0 Å². The Morgan fingerprint density at radius 1 is 1.75 bits per heavy atom. The fourth-order valence-electron chi connectivity index (χ4n) is 1.37. The van der Waals surface area contributed by atoms with Gasteiger partial charge >= 0.3 is 5.97 Å². The van der Waals surface area contributed by atoms with Crippen molar-refractivity contribution in [2.75, 3.05) is 7.11 Å². The summed E-state index contributed by atoms with van der Waals surface area (Å²) in [5, 5.41) is 10.7. The minimum Gasteiger partial charge on any atom is -0.468 e. The van der Waals surface area contributed by atoms with Crippen molar-refractivity contribution in [2.45, 2.75) is 6.42 Å². The van der Waals surface area contributed by atoms with Crippen molar-refractivity contribution in [1.29, 1.82) is 0 Å². The number of nitro groups is 1. The molecule has 0 N–H and O–H groups in total. The lowest BCUT2D eigenvalue weighted by atomic mass is 9.81. The van der Waals surface area contributed by atoms with Gasteiger partial charge in [-0.2, -0.15) is 0 Å². The molecule has 0 fully saturated rings. The summed E-state index contributed by atoms with van der Waals surface area (Å²) in [5.74, 6) is -0.820. The van der Waals surface area contributed by atoms with Crippen LogP contribution in [0.4, 0.5) is 0 Å². The number of aldehydes is 1. The number of thiol groups is 1. The van der Waals surface area contributed by atoms with Gasteiger partial charge in [-0.3, -0.25) is 14.9 Å². The number of hydrogen-bond acceptors (Lipinski definition) is 6. The summed E-state index contributed by atoms with van der Waals surface area (Å²) in [6.45, 7) is 0. The van der Waals surface area contributed by atoms with Crippen LogP contribution in [0.2, 0.25) is 0 Å². The predicted molar refractivity (Wildman–Crippen MR) is 57.3 cm³/mol. The molecule has 0 radical (unpaired) electrons. The van der Waals surface area contributed by atoms with Crippen molar-refractivity contribution < 1.29 is 19.2 Å². The van der Waals surface area contributed by atoms with Crippen molar-refractivity contribution >= 4 is 24.9 Å². The summed E-state index contributed by atoms with van der Waals surface area (Å²) < 4.78 is 4.46. The van der Waals surface area contributed by atoms with Crippen LogP contribution < -0.4 is 0 Å². The zero-order chi connectivity index (χ0) is 12.3. The Balaban J connectivity index is 3.16. The molecule has 0 bridgehead atoms. The number of allylic oxidation sites excluding steroid dienone is 2. The Morgan fingerprint density at radius 3 is 2.81 bits per heavy atom. The Kier molecular flexibility index (Phi) is 3.48. The average Bonchev–Trinajstić information content (AvgIpc) is 2.28. The quantitative estimate of drug-likeness (QED) is 0.197. The van der Waals surface area contributed by atoms with E-state index in [1.165, 1.54) is 12.2 Å². The molecule has 0 aliphatic heterocycles. The first-order valence-electron chi connectivity index (χ1n) is 4.27. The molecule has 7 heteroatoms. The van der Waals surface area contributed by atoms with E-state index in [2.05, 4.69) is 17.4 Å². The average molecular weight is 243 g/mol. The van der Waals surface area contributed by atoms with Crippen molar-refractivity contribution in [3.05, 3.63) is 32.9 Å². The molecule has 86 valence electrons. The van der Waals surface area contributed by atoms with Gasteiger partial charge < -0.3 is 9.53 Å². The highest BCUT2D eigenvalue weighted by molar-refractivity contribution is 7.84. The lowest BCUT2D eigenvalue weighted by Gasteiger charge is -2.22. The third-order valence-corrected chi connectivity index (χ3v) is 2.70. The van der Waals surface area contributed by atoms with Gasteiger partial charge in [0.15, 0.2) is 5.41 Å². The topological polar surface area (TPSA) is 86.5 Å². The molecule has 0 saturated carbocycles. The largest absolute Gasteiger partial charge is 0.468 e. The molecule has 0 aromatic rings. The van der Waals surface area contributed by atoms with Gasteiger partial charge in [0, 0.05) is 0 Å². The molecular weight excluding hydrogens is 234 g/mol. The second-order valence-electron chi connectivity index (χ2n) is 3.25. The third kappa shape index (κ3) is 1.99. The fraction of sp³-hybridized carbons (Fsp3) is 0.333. The van der Waals surface area contributed by atoms with Crippen LogP contribution in [0.1, 0.15) is 6.42 Å². The Labute approximate surface area is 96.5 Å². The van der Waals surface area contributed by atoms with Gasteiger partial charge in [0.05, 0.1) is 23.4 Å². The molecule has 0 saturated heterocycles. The maximum atomic E-state index is 11.4. The lowest BCUT2D eigenvalue weighted by Crippen LogP contribution is -2.35. The number of nitrogens with zero attached hydrogens (tertiary/aromatic N) is 1. The fourth-order valence-corrected chi connectivity index (χ4v) is 1.60. The highest BCUT2D eigenvalue weighted by Crippen LogP contribution is 2.35. The van der Waals surface area contributed by atoms with E-state index in [0.717, 1.165) is 7.11 Å². The Morgan fingerprint density at radius 2 is 2.38 bits per heavy atom. The molecule has 1 rings (SSSR count). The van der Waals surface area contributed by atoms with Gasteiger partial charge in [-0.25, -0.2) is 0 Å². The van der Waals surface area contributed by atoms with Gasteiger partial charge in [-0.1, -0.05) is 6.08 Å². The van der Waals surface area contributed by atoms with Crippen LogP contribution in [-0.2, 0) is 14.3 Å². The zero-order valence-electron chi connectivity index (χ0n) is 8.37. The van der Waals surface area contributed by atoms with Gasteiger partial charge in [-0.15, -0.1) is 12.6 Å². The van der Waals surface area contributed by atoms with Crippen LogP contribution >= 0.6 is 12.6 Å². The molecule has 1 unspecified atom stereocenters. The molecule has 0 aromatic carbocycles. The first-order valence-corrected chi connectivity index (χ1v) is 4.72. The smallest absolute Gasteiger partial charge is 0.323 e. The summed E-state index contributed by atoms with van der Waals surface area (Å²) in [6.07, 6.45) is 2.53. The Bertz CT molecular complexity index is 414. The van der Waals surface area contributed by atoms with Crippen LogP contribution in [-0.4, -0.2) is 24.3 Å². The van der Waals surface area contributed by atoms with Crippen LogP contribution in [0.5, 0.6) is 0 Å². The molecule has 16 heavy (non-hydrogen) atoms. The summed E-state index contributed by atoms with van der Waals surface area (Å²) in [6, 6.07) is 0. The molecule has 0 aromatic heterocycles. The van der Waals surface area contributed by atoms with E-state index in [-0.39, 0.29) is 17.0 Å². The van der Waals surface area contributed by atoms with E-state index in [1.807, 2.05) is 0 Å². The maximum absolute atomic E-state index is 11.4. The first-order chi connectivity index (χ1) is 7.46. The molecule has 1 atom stereocenters. The van der Waals surface area contributed by atoms with Crippen molar-refractivity contribution in [3.63, 3.8) is 0 Å². The number of carbonyl (C=O) groups excluding carboxylic acids is 2. The van der Waals surface area contributed by atoms with E-state index in [4.69, 9.17) is 0 Å². The van der Waals surface area contributed by atoms with Crippen molar-refractivity contribution in [1.82, 2.24) is 0 Å². The van der Waals surface area contributed by atoms with Crippen LogP contribution in [0, 0.1) is 15.5 Å². The maximum Gasteiger partial charge on any atom is 0.323 e. The van der Waals surface area contributed by atoms with Gasteiger partial charge in [0.1, 0.15) is 6.29 Å². The second-order valence-corrected chi connectivity index (χ2v) is 3.73. The van der Waals surface area contributed by atoms with E-state index in [0.29, 0.717) is 6.29 Å². The number of carbonyl (C=O) groups is 2. The number of hydrogen-bond donors (Lipinski definition) is 1. The highest BCUT2D eigenvalue weighted by atomic mass is 32.1. The van der Waals surface area contributed by atoms with Crippen molar-refractivity contribution in [2.24, 2.45) is 5.41 Å². The summed E-state index contributed by atoms with van der Waals surface area (Å²) in [7, 11) is 1.12. The van der Waals surface area contributed by atoms with Gasteiger partial charge in [0.2, 0.25) is 0 Å². The third-order valence-electron chi connectivity index (χ3n) is 2.29. The minimum absolute atomic E-state index is 0.131. The molecule has 0 spiro atoms. The lowest BCUT2D eigenvalue weighted by molar-refractivity contribution is -0.429. The van der Waals surface area contributed by atoms with E-state index in [1.54, 1.807) is 0 Å². The summed E-state index contributed by atoms with van der Waals surface area (Å²) >= 11 is 3.89. The monoisotopic (exact) mass is 243 g/mol. The standard InChI is InChI=1S/C9H9NO5S/c1-15-8(12)9(5-11)3-2-7(16)6(4-9)10(13)14/h2-3,5,16H,4H2,1H3. The molecule has 1 aliphatic rings. The molecular formula is C9H9NO5S. The highest BCUT2D eigenvalue weighted by Gasteiger charge is 2.44.